The monoisotopic (exact) mass is 186 g/mol. The number of amides is 2. The van der Waals surface area contributed by atoms with Crippen LogP contribution in [0.5, 0.6) is 0 Å². The lowest BCUT2D eigenvalue weighted by Gasteiger charge is -2.45. The van der Waals surface area contributed by atoms with Crippen LogP contribution in [0, 0.1) is 0 Å². The first-order valence-corrected chi connectivity index (χ1v) is 4.06. The van der Waals surface area contributed by atoms with Crippen molar-refractivity contribution in [3.63, 3.8) is 0 Å². The molecule has 0 aliphatic carbocycles. The Balaban J connectivity index is 3.11. The molecule has 1 saturated heterocycles. The number of imide groups is 1. The molecule has 0 spiro atoms. The highest BCUT2D eigenvalue weighted by Crippen LogP contribution is 2.27. The number of hydrogen-bond acceptors (Lipinski definition) is 4. The molecule has 0 atom stereocenters. The first kappa shape index (κ1) is 10.1. The second kappa shape index (κ2) is 2.52. The van der Waals surface area contributed by atoms with E-state index in [2.05, 4.69) is 5.32 Å². The maximum absolute atomic E-state index is 11.3. The lowest BCUT2D eigenvalue weighted by Crippen LogP contribution is -2.71. The predicted molar refractivity (Wildman–Crippen MR) is 44.9 cm³/mol. The van der Waals surface area contributed by atoms with Crippen molar-refractivity contribution in [1.29, 1.82) is 0 Å². The van der Waals surface area contributed by atoms with Gasteiger partial charge in [-0.1, -0.05) is 0 Å². The van der Waals surface area contributed by atoms with Gasteiger partial charge in [-0.2, -0.15) is 5.06 Å². The summed E-state index contributed by atoms with van der Waals surface area (Å²) in [5.41, 5.74) is -2.14. The molecule has 2 N–H and O–H groups in total. The summed E-state index contributed by atoms with van der Waals surface area (Å²) < 4.78 is 0. The molecule has 1 fully saturated rings. The van der Waals surface area contributed by atoms with Crippen LogP contribution in [0.1, 0.15) is 27.7 Å². The van der Waals surface area contributed by atoms with Gasteiger partial charge in [-0.05, 0) is 27.7 Å². The molecule has 5 nitrogen and oxygen atoms in total. The Morgan fingerprint density at radius 3 is 1.69 bits per heavy atom. The first-order valence-electron chi connectivity index (χ1n) is 4.06. The van der Waals surface area contributed by atoms with Gasteiger partial charge in [-0.15, -0.1) is 0 Å². The van der Waals surface area contributed by atoms with E-state index in [1.807, 2.05) is 0 Å². The number of hydroxylamine groups is 2. The van der Waals surface area contributed by atoms with Crippen molar-refractivity contribution < 1.29 is 14.8 Å². The molecule has 0 aromatic heterocycles. The largest absolute Gasteiger partial charge is 0.312 e. The van der Waals surface area contributed by atoms with Gasteiger partial charge in [0.25, 0.3) is 0 Å². The van der Waals surface area contributed by atoms with E-state index in [0.717, 1.165) is 5.06 Å². The van der Waals surface area contributed by atoms with Crippen LogP contribution in [0.3, 0.4) is 0 Å². The lowest BCUT2D eigenvalue weighted by atomic mass is 9.91. The van der Waals surface area contributed by atoms with Crippen molar-refractivity contribution in [3.05, 3.63) is 0 Å². The summed E-state index contributed by atoms with van der Waals surface area (Å²) in [6.45, 7) is 6.21. The summed E-state index contributed by atoms with van der Waals surface area (Å²) in [5.74, 6) is -0.973. The molecular formula is C8H14N2O3. The van der Waals surface area contributed by atoms with E-state index in [-0.39, 0.29) is 0 Å². The zero-order chi connectivity index (χ0) is 10.4. The van der Waals surface area contributed by atoms with E-state index in [1.165, 1.54) is 0 Å². The normalized spacial score (nSPS) is 27.2. The second-order valence-corrected chi connectivity index (χ2v) is 4.21. The standard InChI is InChI=1S/C8H14N2O3/c1-7(2)5(11)9-6(12)8(3,4)10(7)13/h13H,1-4H3,(H,9,11,12). The molecule has 0 aromatic rings. The van der Waals surface area contributed by atoms with Gasteiger partial charge in [0, 0.05) is 0 Å². The number of rotatable bonds is 0. The van der Waals surface area contributed by atoms with Crippen molar-refractivity contribution in [2.75, 3.05) is 0 Å². The van der Waals surface area contributed by atoms with Crippen molar-refractivity contribution in [2.24, 2.45) is 0 Å². The Labute approximate surface area is 76.7 Å². The number of nitrogens with zero attached hydrogens (tertiary/aromatic N) is 1. The molecule has 1 heterocycles. The van der Waals surface area contributed by atoms with Crippen LogP contribution in [-0.2, 0) is 9.59 Å². The van der Waals surface area contributed by atoms with Crippen LogP contribution in [0.25, 0.3) is 0 Å². The van der Waals surface area contributed by atoms with Gasteiger partial charge in [0.15, 0.2) is 0 Å². The summed E-state index contributed by atoms with van der Waals surface area (Å²) >= 11 is 0. The molecule has 0 unspecified atom stereocenters. The number of nitrogens with one attached hydrogen (secondary N) is 1. The van der Waals surface area contributed by atoms with E-state index in [9.17, 15) is 14.8 Å². The highest BCUT2D eigenvalue weighted by atomic mass is 16.5. The topological polar surface area (TPSA) is 69.6 Å². The van der Waals surface area contributed by atoms with E-state index in [1.54, 1.807) is 27.7 Å². The van der Waals surface area contributed by atoms with E-state index < -0.39 is 22.9 Å². The summed E-state index contributed by atoms with van der Waals surface area (Å²) in [4.78, 5) is 22.6. The summed E-state index contributed by atoms with van der Waals surface area (Å²) in [7, 11) is 0. The fourth-order valence-corrected chi connectivity index (χ4v) is 1.30. The molecule has 1 rings (SSSR count). The molecule has 5 heteroatoms. The summed E-state index contributed by atoms with van der Waals surface area (Å²) in [6, 6.07) is 0. The Kier molecular flexibility index (Phi) is 1.97. The molecule has 0 aromatic carbocycles. The zero-order valence-corrected chi connectivity index (χ0v) is 8.21. The van der Waals surface area contributed by atoms with Crippen LogP contribution in [-0.4, -0.2) is 33.2 Å². The number of hydrogen-bond donors (Lipinski definition) is 2. The Hall–Kier alpha value is -0.940. The van der Waals surface area contributed by atoms with Gasteiger partial charge >= 0.3 is 0 Å². The average molecular weight is 186 g/mol. The van der Waals surface area contributed by atoms with Crippen LogP contribution < -0.4 is 5.32 Å². The molecular weight excluding hydrogens is 172 g/mol. The molecule has 2 amide bonds. The first-order chi connectivity index (χ1) is 5.70. The molecule has 0 bridgehead atoms. The zero-order valence-electron chi connectivity index (χ0n) is 8.21. The van der Waals surface area contributed by atoms with Gasteiger partial charge in [0.05, 0.1) is 0 Å². The Bertz CT molecular complexity index is 245. The molecule has 0 saturated carbocycles. The predicted octanol–water partition coefficient (Wildman–Crippen LogP) is -0.109. The molecule has 0 radical (unpaired) electrons. The molecule has 1 aliphatic heterocycles. The fraction of sp³-hybridized carbons (Fsp3) is 0.750. The lowest BCUT2D eigenvalue weighted by molar-refractivity contribution is -0.230. The van der Waals surface area contributed by atoms with E-state index in [4.69, 9.17) is 0 Å². The van der Waals surface area contributed by atoms with E-state index >= 15 is 0 Å². The second-order valence-electron chi connectivity index (χ2n) is 4.21. The number of carbonyl (C=O) groups is 2. The fourth-order valence-electron chi connectivity index (χ4n) is 1.30. The third-order valence-corrected chi connectivity index (χ3v) is 2.40. The van der Waals surface area contributed by atoms with Gasteiger partial charge in [-0.25, -0.2) is 0 Å². The smallest absolute Gasteiger partial charge is 0.248 e. The quantitative estimate of drug-likeness (QED) is 0.518. The third-order valence-electron chi connectivity index (χ3n) is 2.40. The van der Waals surface area contributed by atoms with Gasteiger partial charge < -0.3 is 5.21 Å². The van der Waals surface area contributed by atoms with Crippen LogP contribution >= 0.6 is 0 Å². The minimum absolute atomic E-state index is 0.487. The maximum Gasteiger partial charge on any atom is 0.248 e. The minimum Gasteiger partial charge on any atom is -0.312 e. The van der Waals surface area contributed by atoms with E-state index in [0.29, 0.717) is 0 Å². The SMILES string of the molecule is CC1(C)C(=O)NC(=O)C(C)(C)N1O. The van der Waals surface area contributed by atoms with Crippen molar-refractivity contribution in [3.8, 4) is 0 Å². The summed E-state index contributed by atoms with van der Waals surface area (Å²) in [6.07, 6.45) is 0. The highest BCUT2D eigenvalue weighted by molar-refractivity contribution is 6.05. The minimum atomic E-state index is -1.07. The maximum atomic E-state index is 11.3. The van der Waals surface area contributed by atoms with Gasteiger partial charge in [0.2, 0.25) is 11.8 Å². The molecule has 13 heavy (non-hydrogen) atoms. The molecule has 74 valence electrons. The van der Waals surface area contributed by atoms with Gasteiger partial charge in [-0.3, -0.25) is 14.9 Å². The molecule has 1 aliphatic rings. The number of piperazine rings is 1. The van der Waals surface area contributed by atoms with Crippen LogP contribution in [0.4, 0.5) is 0 Å². The Morgan fingerprint density at radius 1 is 1.08 bits per heavy atom. The van der Waals surface area contributed by atoms with Crippen molar-refractivity contribution >= 4 is 11.8 Å². The van der Waals surface area contributed by atoms with Crippen LogP contribution in [0.2, 0.25) is 0 Å². The highest BCUT2D eigenvalue weighted by Gasteiger charge is 2.51. The third kappa shape index (κ3) is 1.24. The van der Waals surface area contributed by atoms with Gasteiger partial charge in [0.1, 0.15) is 11.1 Å². The Morgan fingerprint density at radius 2 is 1.38 bits per heavy atom. The summed E-state index contributed by atoms with van der Waals surface area (Å²) in [5, 5.41) is 12.7. The average Bonchev–Trinajstić information content (AvgIpc) is 2.00. The van der Waals surface area contributed by atoms with Crippen molar-refractivity contribution in [1.82, 2.24) is 10.4 Å². The van der Waals surface area contributed by atoms with Crippen molar-refractivity contribution in [2.45, 2.75) is 38.8 Å². The number of carbonyl (C=O) groups excluding carboxylic acids is 2. The van der Waals surface area contributed by atoms with Crippen LogP contribution in [0.15, 0.2) is 0 Å².